The van der Waals surface area contributed by atoms with Crippen LogP contribution in [0.3, 0.4) is 0 Å². The van der Waals surface area contributed by atoms with Gasteiger partial charge in [0.15, 0.2) is 5.69 Å². The third kappa shape index (κ3) is 2.94. The van der Waals surface area contributed by atoms with Gasteiger partial charge in [-0.3, -0.25) is 9.59 Å². The molecule has 0 aliphatic carbocycles. The molecule has 0 aliphatic heterocycles. The molecule has 0 bridgehead atoms. The second-order valence-corrected chi connectivity index (χ2v) is 3.58. The summed E-state index contributed by atoms with van der Waals surface area (Å²) in [5.74, 6) is -0.815. The number of benzene rings is 1. The third-order valence-corrected chi connectivity index (χ3v) is 2.17. The molecular formula is C12H11N3O3. The van der Waals surface area contributed by atoms with Gasteiger partial charge in [0.2, 0.25) is 11.8 Å². The van der Waals surface area contributed by atoms with Crippen molar-refractivity contribution in [2.75, 3.05) is 5.32 Å². The normalized spacial score (nSPS) is 10.0. The van der Waals surface area contributed by atoms with Crippen molar-refractivity contribution in [3.05, 3.63) is 48.2 Å². The standard InChI is InChI=1S/C12H11N3O3/c13-12(17)9-7-18-11(15-9)6-10(16)14-8-4-2-1-3-5-8/h1-5,7H,6H2,(H2,13,17)(H,14,16). The molecule has 0 saturated heterocycles. The predicted molar refractivity (Wildman–Crippen MR) is 63.8 cm³/mol. The number of primary amides is 1. The van der Waals surface area contributed by atoms with Crippen molar-refractivity contribution in [2.24, 2.45) is 5.73 Å². The van der Waals surface area contributed by atoms with Gasteiger partial charge in [0.1, 0.15) is 12.7 Å². The van der Waals surface area contributed by atoms with Gasteiger partial charge in [0.25, 0.3) is 5.91 Å². The first-order valence-corrected chi connectivity index (χ1v) is 5.24. The fraction of sp³-hybridized carbons (Fsp3) is 0.0833. The minimum absolute atomic E-state index is 0.0116. The summed E-state index contributed by atoms with van der Waals surface area (Å²) < 4.78 is 4.96. The number of oxazole rings is 1. The van der Waals surface area contributed by atoms with Crippen LogP contribution in [-0.4, -0.2) is 16.8 Å². The summed E-state index contributed by atoms with van der Waals surface area (Å²) in [6, 6.07) is 9.01. The number of nitrogens with zero attached hydrogens (tertiary/aromatic N) is 1. The number of para-hydroxylation sites is 1. The number of hydrogen-bond acceptors (Lipinski definition) is 4. The number of rotatable bonds is 4. The molecule has 0 radical (unpaired) electrons. The Morgan fingerprint density at radius 2 is 2.00 bits per heavy atom. The number of hydrogen-bond donors (Lipinski definition) is 2. The molecule has 18 heavy (non-hydrogen) atoms. The first-order valence-electron chi connectivity index (χ1n) is 5.24. The number of carbonyl (C=O) groups is 2. The number of carbonyl (C=O) groups excluding carboxylic acids is 2. The lowest BCUT2D eigenvalue weighted by Gasteiger charge is -2.02. The number of anilines is 1. The van der Waals surface area contributed by atoms with E-state index in [9.17, 15) is 9.59 Å². The van der Waals surface area contributed by atoms with Crippen molar-refractivity contribution in [1.29, 1.82) is 0 Å². The first-order chi connectivity index (χ1) is 8.65. The van der Waals surface area contributed by atoms with Crippen LogP contribution in [0.15, 0.2) is 41.0 Å². The van der Waals surface area contributed by atoms with Gasteiger partial charge in [0.05, 0.1) is 0 Å². The zero-order chi connectivity index (χ0) is 13.0. The SMILES string of the molecule is NC(=O)c1coc(CC(=O)Nc2ccccc2)n1. The van der Waals surface area contributed by atoms with E-state index in [1.54, 1.807) is 12.1 Å². The van der Waals surface area contributed by atoms with Crippen LogP contribution < -0.4 is 11.1 Å². The molecule has 2 aromatic rings. The van der Waals surface area contributed by atoms with Crippen molar-refractivity contribution in [2.45, 2.75) is 6.42 Å². The Hall–Kier alpha value is -2.63. The molecule has 0 saturated carbocycles. The summed E-state index contributed by atoms with van der Waals surface area (Å²) in [7, 11) is 0. The van der Waals surface area contributed by atoms with Gasteiger partial charge in [-0.05, 0) is 12.1 Å². The maximum Gasteiger partial charge on any atom is 0.270 e. The van der Waals surface area contributed by atoms with Crippen LogP contribution in [0.1, 0.15) is 16.4 Å². The van der Waals surface area contributed by atoms with Gasteiger partial charge in [0, 0.05) is 5.69 Å². The fourth-order valence-electron chi connectivity index (χ4n) is 1.37. The average molecular weight is 245 g/mol. The van der Waals surface area contributed by atoms with Gasteiger partial charge >= 0.3 is 0 Å². The fourth-order valence-corrected chi connectivity index (χ4v) is 1.37. The molecule has 0 spiro atoms. The van der Waals surface area contributed by atoms with Gasteiger partial charge in [-0.25, -0.2) is 4.98 Å². The largest absolute Gasteiger partial charge is 0.448 e. The quantitative estimate of drug-likeness (QED) is 0.837. The Morgan fingerprint density at radius 3 is 2.61 bits per heavy atom. The second kappa shape index (κ2) is 5.13. The minimum Gasteiger partial charge on any atom is -0.448 e. The van der Waals surface area contributed by atoms with Crippen molar-refractivity contribution in [1.82, 2.24) is 4.98 Å². The molecule has 2 amide bonds. The lowest BCUT2D eigenvalue weighted by Crippen LogP contribution is -2.15. The van der Waals surface area contributed by atoms with E-state index in [0.29, 0.717) is 5.69 Å². The molecule has 92 valence electrons. The molecule has 1 heterocycles. The zero-order valence-electron chi connectivity index (χ0n) is 9.42. The smallest absolute Gasteiger partial charge is 0.270 e. The van der Waals surface area contributed by atoms with E-state index < -0.39 is 5.91 Å². The Labute approximate surface area is 103 Å². The zero-order valence-corrected chi connectivity index (χ0v) is 9.42. The third-order valence-electron chi connectivity index (χ3n) is 2.17. The highest BCUT2D eigenvalue weighted by atomic mass is 16.3. The van der Waals surface area contributed by atoms with Crippen LogP contribution in [0.2, 0.25) is 0 Å². The summed E-state index contributed by atoms with van der Waals surface area (Å²) >= 11 is 0. The average Bonchev–Trinajstić information content (AvgIpc) is 2.78. The van der Waals surface area contributed by atoms with Crippen LogP contribution in [0.25, 0.3) is 0 Å². The van der Waals surface area contributed by atoms with E-state index in [1.165, 1.54) is 0 Å². The molecular weight excluding hydrogens is 234 g/mol. The molecule has 1 aromatic heterocycles. The molecule has 0 atom stereocenters. The van der Waals surface area contributed by atoms with E-state index in [0.717, 1.165) is 6.26 Å². The van der Waals surface area contributed by atoms with Crippen molar-refractivity contribution >= 4 is 17.5 Å². The highest BCUT2D eigenvalue weighted by molar-refractivity contribution is 5.92. The monoisotopic (exact) mass is 245 g/mol. The highest BCUT2D eigenvalue weighted by Gasteiger charge is 2.12. The van der Waals surface area contributed by atoms with Gasteiger partial charge in [-0.2, -0.15) is 0 Å². The molecule has 0 fully saturated rings. The maximum absolute atomic E-state index is 11.6. The van der Waals surface area contributed by atoms with E-state index in [-0.39, 0.29) is 23.9 Å². The number of aromatic nitrogens is 1. The minimum atomic E-state index is -0.687. The van der Waals surface area contributed by atoms with E-state index >= 15 is 0 Å². The van der Waals surface area contributed by atoms with E-state index in [1.807, 2.05) is 18.2 Å². The number of amides is 2. The molecule has 2 rings (SSSR count). The van der Waals surface area contributed by atoms with Gasteiger partial charge in [-0.15, -0.1) is 0 Å². The molecule has 0 aliphatic rings. The van der Waals surface area contributed by atoms with Crippen LogP contribution in [-0.2, 0) is 11.2 Å². The molecule has 3 N–H and O–H groups in total. The summed E-state index contributed by atoms with van der Waals surface area (Å²) in [5.41, 5.74) is 5.72. The van der Waals surface area contributed by atoms with Gasteiger partial charge in [-0.1, -0.05) is 18.2 Å². The number of nitrogens with two attached hydrogens (primary N) is 1. The summed E-state index contributed by atoms with van der Waals surface area (Å²) in [6.45, 7) is 0. The first kappa shape index (κ1) is 11.8. The van der Waals surface area contributed by atoms with Crippen LogP contribution in [0.4, 0.5) is 5.69 Å². The molecule has 6 heteroatoms. The maximum atomic E-state index is 11.6. The lowest BCUT2D eigenvalue weighted by molar-refractivity contribution is -0.115. The Morgan fingerprint density at radius 1 is 1.28 bits per heavy atom. The number of nitrogens with one attached hydrogen (secondary N) is 1. The van der Waals surface area contributed by atoms with Crippen molar-refractivity contribution in [3.8, 4) is 0 Å². The second-order valence-electron chi connectivity index (χ2n) is 3.58. The highest BCUT2D eigenvalue weighted by Crippen LogP contribution is 2.07. The Balaban J connectivity index is 1.97. The Kier molecular flexibility index (Phi) is 3.38. The van der Waals surface area contributed by atoms with Crippen molar-refractivity contribution < 1.29 is 14.0 Å². The van der Waals surface area contributed by atoms with Gasteiger partial charge < -0.3 is 15.5 Å². The Bertz CT molecular complexity index is 563. The van der Waals surface area contributed by atoms with Crippen LogP contribution in [0, 0.1) is 0 Å². The molecule has 6 nitrogen and oxygen atoms in total. The van der Waals surface area contributed by atoms with E-state index in [2.05, 4.69) is 10.3 Å². The van der Waals surface area contributed by atoms with Crippen molar-refractivity contribution in [3.63, 3.8) is 0 Å². The van der Waals surface area contributed by atoms with Crippen LogP contribution >= 0.6 is 0 Å². The summed E-state index contributed by atoms with van der Waals surface area (Å²) in [4.78, 5) is 26.2. The molecule has 1 aromatic carbocycles. The summed E-state index contributed by atoms with van der Waals surface area (Å²) in [5, 5.41) is 2.67. The molecule has 0 unspecified atom stereocenters. The predicted octanol–water partition coefficient (Wildman–Crippen LogP) is 0.955. The van der Waals surface area contributed by atoms with E-state index in [4.69, 9.17) is 10.2 Å². The lowest BCUT2D eigenvalue weighted by atomic mass is 10.3. The van der Waals surface area contributed by atoms with Crippen LogP contribution in [0.5, 0.6) is 0 Å². The summed E-state index contributed by atoms with van der Waals surface area (Å²) in [6.07, 6.45) is 1.08. The topological polar surface area (TPSA) is 98.2 Å².